The van der Waals surface area contributed by atoms with Crippen LogP contribution in [-0.4, -0.2) is 56.6 Å². The molecule has 4 atom stereocenters. The van der Waals surface area contributed by atoms with E-state index in [4.69, 9.17) is 18.6 Å². The maximum atomic E-state index is 12.8. The molecule has 10 heteroatoms. The first-order valence-electron chi connectivity index (χ1n) is 11.4. The molecule has 2 fully saturated rings. The van der Waals surface area contributed by atoms with Gasteiger partial charge in [0.15, 0.2) is 20.3 Å². The van der Waals surface area contributed by atoms with Gasteiger partial charge in [0.1, 0.15) is 31.9 Å². The highest BCUT2D eigenvalue weighted by atomic mass is 28.4. The van der Waals surface area contributed by atoms with E-state index in [1.54, 1.807) is 0 Å². The van der Waals surface area contributed by atoms with Crippen molar-refractivity contribution < 1.29 is 18.6 Å². The summed E-state index contributed by atoms with van der Waals surface area (Å²) in [6, 6.07) is 0. The molecular weight excluding hydrogens is 456 g/mol. The monoisotopic (exact) mass is 494 g/mol. The van der Waals surface area contributed by atoms with E-state index in [1.165, 1.54) is 10.8 Å². The van der Waals surface area contributed by atoms with Crippen LogP contribution in [0.3, 0.4) is 0 Å². The van der Waals surface area contributed by atoms with Crippen molar-refractivity contribution in [2.45, 2.75) is 103 Å². The van der Waals surface area contributed by atoms with Crippen molar-refractivity contribution in [2.75, 3.05) is 6.61 Å². The molecule has 1 aromatic rings. The molecule has 2 aliphatic heterocycles. The number of rotatable bonds is 4. The van der Waals surface area contributed by atoms with Gasteiger partial charge in [-0.3, -0.25) is 14.3 Å². The fraction of sp³-hybridized carbons (Fsp3) is 0.739. The fourth-order valence-corrected chi connectivity index (χ4v) is 5.07. The lowest BCUT2D eigenvalue weighted by Crippen LogP contribution is -2.44. The van der Waals surface area contributed by atoms with Crippen molar-refractivity contribution in [3.63, 3.8) is 0 Å². The molecule has 0 aliphatic carbocycles. The highest BCUT2D eigenvalue weighted by Gasteiger charge is 2.56. The molecule has 0 amide bonds. The van der Waals surface area contributed by atoms with Crippen molar-refractivity contribution in [1.82, 2.24) is 9.55 Å². The number of H-pyrrole nitrogens is 1. The second-order valence-corrected chi connectivity index (χ2v) is 21.5. The van der Waals surface area contributed by atoms with E-state index in [-0.39, 0.29) is 10.6 Å². The summed E-state index contributed by atoms with van der Waals surface area (Å²) in [7, 11) is -3.73. The average molecular weight is 495 g/mol. The zero-order chi connectivity index (χ0) is 25.0. The second kappa shape index (κ2) is 8.62. The highest BCUT2D eigenvalue weighted by molar-refractivity contribution is 6.83. The van der Waals surface area contributed by atoms with Gasteiger partial charge in [0.05, 0.1) is 6.61 Å². The molecule has 0 spiro atoms. The first-order chi connectivity index (χ1) is 14.9. The average Bonchev–Trinajstić information content (AvgIpc) is 3.11. The molecule has 1 aromatic heterocycles. The lowest BCUT2D eigenvalue weighted by Gasteiger charge is -2.37. The molecule has 3 rings (SSSR count). The van der Waals surface area contributed by atoms with Crippen LogP contribution in [0.1, 0.15) is 46.4 Å². The van der Waals surface area contributed by atoms with Crippen molar-refractivity contribution >= 4 is 16.4 Å². The summed E-state index contributed by atoms with van der Waals surface area (Å²) in [6.45, 7) is 21.2. The summed E-state index contributed by atoms with van der Waals surface area (Å²) in [5.41, 5.74) is 2.34. The summed E-state index contributed by atoms with van der Waals surface area (Å²) in [4.78, 5) is 27.5. The molecular formula is C23H38N2O6Si2. The minimum atomic E-state index is -2.02. The van der Waals surface area contributed by atoms with Crippen LogP contribution in [0.5, 0.6) is 0 Å². The molecule has 2 aliphatic rings. The number of hydrogen-bond donors (Lipinski definition) is 1. The molecule has 8 nitrogen and oxygen atoms in total. The Hall–Kier alpha value is -1.49. The molecule has 0 saturated carbocycles. The number of aromatic amines is 1. The minimum Gasteiger partial charge on any atom is -0.414 e. The van der Waals surface area contributed by atoms with Crippen molar-refractivity contribution in [1.29, 1.82) is 0 Å². The van der Waals surface area contributed by atoms with E-state index >= 15 is 0 Å². The van der Waals surface area contributed by atoms with Gasteiger partial charge in [0, 0.05) is 6.20 Å². The first-order valence-corrected chi connectivity index (χ1v) is 17.8. The maximum absolute atomic E-state index is 12.8. The number of aromatic nitrogens is 2. The molecule has 0 aromatic carbocycles. The van der Waals surface area contributed by atoms with Gasteiger partial charge < -0.3 is 18.6 Å². The van der Waals surface area contributed by atoms with E-state index in [1.807, 2.05) is 13.8 Å². The Balaban J connectivity index is 1.94. The van der Waals surface area contributed by atoms with E-state index in [0.29, 0.717) is 6.61 Å². The largest absolute Gasteiger partial charge is 0.414 e. The molecule has 33 heavy (non-hydrogen) atoms. The molecule has 0 unspecified atom stereocenters. The third kappa shape index (κ3) is 5.78. The molecule has 0 radical (unpaired) electrons. The smallest absolute Gasteiger partial charge is 0.330 e. The highest BCUT2D eigenvalue weighted by Crippen LogP contribution is 2.44. The molecule has 1 N–H and O–H groups in total. The SMILES string of the molecule is CC1(C)O[C@@H]2[C@H](O1)[C@@H](CO[Si](C)(C)C(C)(C)C)O[C@H]2n1cc(C#C[Si](C)(C)C)c(=O)[nH]c1=O. The standard InChI is InChI=1S/C23H38N2O6Si2/c1-22(2,3)33(9,10)28-14-16-17-18(31-23(4,5)30-17)20(29-16)25-13-15(11-12-32(6,7)8)19(26)24-21(25)27/h13,16-18,20H,14H2,1-10H3,(H,24,26,27)/t16-,17-,18-,20-/m1/s1. The number of hydrogen-bond acceptors (Lipinski definition) is 6. The number of nitrogens with zero attached hydrogens (tertiary/aromatic N) is 1. The van der Waals surface area contributed by atoms with Crippen LogP contribution in [0.15, 0.2) is 15.8 Å². The summed E-state index contributed by atoms with van der Waals surface area (Å²) in [5, 5.41) is 0.0521. The van der Waals surface area contributed by atoms with E-state index in [0.717, 1.165) is 0 Å². The van der Waals surface area contributed by atoms with Crippen molar-refractivity contribution in [3.05, 3.63) is 32.6 Å². The first kappa shape index (κ1) is 26.1. The Bertz CT molecular complexity index is 1070. The zero-order valence-electron chi connectivity index (χ0n) is 21.5. The van der Waals surface area contributed by atoms with Gasteiger partial charge in [0.25, 0.3) is 5.56 Å². The van der Waals surface area contributed by atoms with Crippen LogP contribution < -0.4 is 11.2 Å². The van der Waals surface area contributed by atoms with E-state index in [2.05, 4.69) is 70.0 Å². The fourth-order valence-electron chi connectivity index (χ4n) is 3.54. The van der Waals surface area contributed by atoms with Gasteiger partial charge in [-0.15, -0.1) is 5.54 Å². The van der Waals surface area contributed by atoms with E-state index < -0.39 is 58.0 Å². The van der Waals surface area contributed by atoms with Gasteiger partial charge >= 0.3 is 5.69 Å². The van der Waals surface area contributed by atoms with Crippen LogP contribution in [0, 0.1) is 11.5 Å². The van der Waals surface area contributed by atoms with Crippen LogP contribution in [0.2, 0.25) is 37.8 Å². The van der Waals surface area contributed by atoms with Gasteiger partial charge in [-0.1, -0.05) is 46.3 Å². The third-order valence-electron chi connectivity index (χ3n) is 6.35. The summed E-state index contributed by atoms with van der Waals surface area (Å²) in [5.74, 6) is 2.13. The van der Waals surface area contributed by atoms with Crippen LogP contribution in [-0.2, 0) is 18.6 Å². The Kier molecular flexibility index (Phi) is 6.83. The number of ether oxygens (including phenoxy) is 3. The summed E-state index contributed by atoms with van der Waals surface area (Å²) in [6.07, 6.45) is -0.616. The third-order valence-corrected chi connectivity index (χ3v) is 11.7. The normalized spacial score (nSPS) is 27.2. The van der Waals surface area contributed by atoms with Crippen LogP contribution >= 0.6 is 0 Å². The minimum absolute atomic E-state index is 0.0521. The predicted molar refractivity (Wildman–Crippen MR) is 132 cm³/mol. The summed E-state index contributed by atoms with van der Waals surface area (Å²) < 4.78 is 26.3. The van der Waals surface area contributed by atoms with Gasteiger partial charge in [0.2, 0.25) is 0 Å². The summed E-state index contributed by atoms with van der Waals surface area (Å²) >= 11 is 0. The van der Waals surface area contributed by atoms with Crippen LogP contribution in [0.25, 0.3) is 0 Å². The second-order valence-electron chi connectivity index (χ2n) is 11.9. The predicted octanol–water partition coefficient (Wildman–Crippen LogP) is 3.20. The molecule has 0 bridgehead atoms. The lowest BCUT2D eigenvalue weighted by atomic mass is 10.1. The Morgan fingerprint density at radius 1 is 1.12 bits per heavy atom. The van der Waals surface area contributed by atoms with Crippen molar-refractivity contribution in [2.24, 2.45) is 0 Å². The van der Waals surface area contributed by atoms with Gasteiger partial charge in [-0.25, -0.2) is 4.79 Å². The van der Waals surface area contributed by atoms with E-state index in [9.17, 15) is 9.59 Å². The molecule has 3 heterocycles. The topological polar surface area (TPSA) is 91.8 Å². The molecule has 184 valence electrons. The Morgan fingerprint density at radius 3 is 2.30 bits per heavy atom. The molecule has 2 saturated heterocycles. The lowest BCUT2D eigenvalue weighted by molar-refractivity contribution is -0.200. The Morgan fingerprint density at radius 2 is 1.73 bits per heavy atom. The number of fused-ring (bicyclic) bond motifs is 1. The number of nitrogens with one attached hydrogen (secondary N) is 1. The van der Waals surface area contributed by atoms with Crippen LogP contribution in [0.4, 0.5) is 0 Å². The van der Waals surface area contributed by atoms with Crippen molar-refractivity contribution in [3.8, 4) is 11.5 Å². The van der Waals surface area contributed by atoms with Gasteiger partial charge in [-0.2, -0.15) is 0 Å². The Labute approximate surface area is 198 Å². The zero-order valence-corrected chi connectivity index (χ0v) is 23.5. The van der Waals surface area contributed by atoms with Gasteiger partial charge in [-0.05, 0) is 32.0 Å². The maximum Gasteiger partial charge on any atom is 0.330 e. The quantitative estimate of drug-likeness (QED) is 0.511.